The Kier molecular flexibility index (Phi) is 3.61. The minimum absolute atomic E-state index is 0.142. The number of esters is 1. The summed E-state index contributed by atoms with van der Waals surface area (Å²) in [4.78, 5) is 27.1. The summed E-state index contributed by atoms with van der Waals surface area (Å²) < 4.78 is 9.59. The zero-order chi connectivity index (χ0) is 13.8. The number of hydrogen-bond acceptors (Lipinski definition) is 5. The lowest BCUT2D eigenvalue weighted by Gasteiger charge is -2.05. The molecule has 1 aromatic carbocycles. The van der Waals surface area contributed by atoms with Gasteiger partial charge in [-0.15, -0.1) is 0 Å². The van der Waals surface area contributed by atoms with Crippen LogP contribution in [0, 0.1) is 6.92 Å². The lowest BCUT2D eigenvalue weighted by molar-refractivity contribution is 0.0600. The Morgan fingerprint density at radius 1 is 1.37 bits per heavy atom. The lowest BCUT2D eigenvalue weighted by atomic mass is 10.2. The van der Waals surface area contributed by atoms with Gasteiger partial charge in [0.05, 0.1) is 18.4 Å². The molecular formula is C13H12N2O4. The van der Waals surface area contributed by atoms with Gasteiger partial charge in [0, 0.05) is 5.69 Å². The van der Waals surface area contributed by atoms with Gasteiger partial charge in [-0.2, -0.15) is 0 Å². The number of aryl methyl sites for hydroxylation is 1. The van der Waals surface area contributed by atoms with Gasteiger partial charge in [-0.25, -0.2) is 9.78 Å². The van der Waals surface area contributed by atoms with E-state index in [2.05, 4.69) is 15.0 Å². The summed E-state index contributed by atoms with van der Waals surface area (Å²) in [6.07, 6.45) is 1.20. The maximum atomic E-state index is 11.9. The number of oxazole rings is 1. The topological polar surface area (TPSA) is 81.4 Å². The van der Waals surface area contributed by atoms with Crippen LogP contribution in [-0.4, -0.2) is 24.0 Å². The maximum Gasteiger partial charge on any atom is 0.337 e. The van der Waals surface area contributed by atoms with Gasteiger partial charge < -0.3 is 14.5 Å². The largest absolute Gasteiger partial charge is 0.465 e. The third-order valence-corrected chi connectivity index (χ3v) is 2.49. The number of carbonyl (C=O) groups excluding carboxylic acids is 2. The van der Waals surface area contributed by atoms with Crippen LogP contribution >= 0.6 is 0 Å². The van der Waals surface area contributed by atoms with Gasteiger partial charge in [-0.05, 0) is 25.1 Å². The normalized spacial score (nSPS) is 10.0. The molecule has 2 aromatic rings. The second-order valence-corrected chi connectivity index (χ2v) is 3.79. The van der Waals surface area contributed by atoms with E-state index in [4.69, 9.17) is 4.42 Å². The molecule has 0 fully saturated rings. The fourth-order valence-corrected chi connectivity index (χ4v) is 1.55. The molecule has 1 heterocycles. The molecule has 0 spiro atoms. The molecule has 0 saturated carbocycles. The quantitative estimate of drug-likeness (QED) is 0.854. The molecule has 1 aromatic heterocycles. The molecule has 0 radical (unpaired) electrons. The number of ether oxygens (including phenoxy) is 1. The van der Waals surface area contributed by atoms with E-state index in [1.807, 2.05) is 0 Å². The Morgan fingerprint density at radius 3 is 2.79 bits per heavy atom. The van der Waals surface area contributed by atoms with Gasteiger partial charge in [0.2, 0.25) is 5.76 Å². The van der Waals surface area contributed by atoms with Crippen molar-refractivity contribution in [2.24, 2.45) is 0 Å². The lowest BCUT2D eigenvalue weighted by Crippen LogP contribution is -2.13. The van der Waals surface area contributed by atoms with Crippen LogP contribution in [0.15, 0.2) is 35.1 Å². The Hall–Kier alpha value is -2.63. The Labute approximate surface area is 109 Å². The minimum Gasteiger partial charge on any atom is -0.465 e. The van der Waals surface area contributed by atoms with Crippen LogP contribution in [0.1, 0.15) is 26.6 Å². The van der Waals surface area contributed by atoms with Crippen molar-refractivity contribution in [2.45, 2.75) is 6.92 Å². The summed E-state index contributed by atoms with van der Waals surface area (Å²) in [6, 6.07) is 6.43. The van der Waals surface area contributed by atoms with E-state index >= 15 is 0 Å². The van der Waals surface area contributed by atoms with E-state index < -0.39 is 11.9 Å². The first-order chi connectivity index (χ1) is 9.11. The standard InChI is InChI=1S/C13H12N2O4/c1-8-11(19-7-14-8)12(16)15-10-5-3-4-9(6-10)13(17)18-2/h3-7H,1-2H3,(H,15,16). The summed E-state index contributed by atoms with van der Waals surface area (Å²) >= 11 is 0. The molecule has 2 rings (SSSR count). The second-order valence-electron chi connectivity index (χ2n) is 3.79. The van der Waals surface area contributed by atoms with E-state index in [1.165, 1.54) is 19.6 Å². The zero-order valence-electron chi connectivity index (χ0n) is 10.5. The highest BCUT2D eigenvalue weighted by Crippen LogP contribution is 2.14. The third kappa shape index (κ3) is 2.79. The predicted molar refractivity (Wildman–Crippen MR) is 67.0 cm³/mol. The molecule has 0 saturated heterocycles. The van der Waals surface area contributed by atoms with Crippen molar-refractivity contribution in [2.75, 3.05) is 12.4 Å². The Balaban J connectivity index is 2.18. The number of hydrogen-bond donors (Lipinski definition) is 1. The highest BCUT2D eigenvalue weighted by Gasteiger charge is 2.14. The van der Waals surface area contributed by atoms with Gasteiger partial charge in [0.25, 0.3) is 5.91 Å². The highest BCUT2D eigenvalue weighted by atomic mass is 16.5. The molecule has 0 bridgehead atoms. The third-order valence-electron chi connectivity index (χ3n) is 2.49. The number of carbonyl (C=O) groups is 2. The van der Waals surface area contributed by atoms with Gasteiger partial charge in [0.15, 0.2) is 6.39 Å². The van der Waals surface area contributed by atoms with Crippen molar-refractivity contribution in [1.29, 1.82) is 0 Å². The minimum atomic E-state index is -0.466. The van der Waals surface area contributed by atoms with Crippen LogP contribution in [0.25, 0.3) is 0 Å². The van der Waals surface area contributed by atoms with E-state index in [1.54, 1.807) is 25.1 Å². The molecule has 0 atom stereocenters. The predicted octanol–water partition coefficient (Wildman–Crippen LogP) is 2.02. The number of nitrogens with one attached hydrogen (secondary N) is 1. The molecule has 98 valence electrons. The van der Waals surface area contributed by atoms with E-state index in [0.29, 0.717) is 16.9 Å². The Morgan fingerprint density at radius 2 is 2.16 bits per heavy atom. The summed E-state index contributed by atoms with van der Waals surface area (Å²) in [5, 5.41) is 2.62. The van der Waals surface area contributed by atoms with E-state index in [-0.39, 0.29) is 5.76 Å². The highest BCUT2D eigenvalue weighted by molar-refractivity contribution is 6.03. The first-order valence-electron chi connectivity index (χ1n) is 5.51. The van der Waals surface area contributed by atoms with Gasteiger partial charge >= 0.3 is 5.97 Å². The fraction of sp³-hybridized carbons (Fsp3) is 0.154. The number of nitrogens with zero attached hydrogens (tertiary/aromatic N) is 1. The fourth-order valence-electron chi connectivity index (χ4n) is 1.55. The monoisotopic (exact) mass is 260 g/mol. The van der Waals surface area contributed by atoms with Crippen LogP contribution in [0.4, 0.5) is 5.69 Å². The number of anilines is 1. The first kappa shape index (κ1) is 12.8. The molecule has 0 aliphatic heterocycles. The van der Waals surface area contributed by atoms with Gasteiger partial charge in [0.1, 0.15) is 0 Å². The molecule has 6 nitrogen and oxygen atoms in total. The molecule has 6 heteroatoms. The average molecular weight is 260 g/mol. The summed E-state index contributed by atoms with van der Waals surface area (Å²) in [5.74, 6) is -0.743. The van der Waals surface area contributed by atoms with Crippen molar-refractivity contribution in [3.63, 3.8) is 0 Å². The average Bonchev–Trinajstić information content (AvgIpc) is 2.84. The molecule has 0 unspecified atom stereocenters. The second kappa shape index (κ2) is 5.34. The van der Waals surface area contributed by atoms with Crippen LogP contribution < -0.4 is 5.32 Å². The van der Waals surface area contributed by atoms with E-state index in [0.717, 1.165) is 0 Å². The number of rotatable bonds is 3. The van der Waals surface area contributed by atoms with Crippen LogP contribution in [0.5, 0.6) is 0 Å². The smallest absolute Gasteiger partial charge is 0.337 e. The van der Waals surface area contributed by atoms with Gasteiger partial charge in [-0.1, -0.05) is 6.07 Å². The van der Waals surface area contributed by atoms with Crippen molar-refractivity contribution in [3.8, 4) is 0 Å². The van der Waals surface area contributed by atoms with E-state index in [9.17, 15) is 9.59 Å². The molecule has 0 aliphatic carbocycles. The van der Waals surface area contributed by atoms with Crippen molar-refractivity contribution in [1.82, 2.24) is 4.98 Å². The van der Waals surface area contributed by atoms with Crippen LogP contribution in [0.2, 0.25) is 0 Å². The summed E-state index contributed by atoms with van der Waals surface area (Å²) in [7, 11) is 1.30. The molecular weight excluding hydrogens is 248 g/mol. The van der Waals surface area contributed by atoms with Crippen LogP contribution in [0.3, 0.4) is 0 Å². The number of methoxy groups -OCH3 is 1. The number of benzene rings is 1. The summed E-state index contributed by atoms with van der Waals surface area (Å²) in [6.45, 7) is 1.67. The maximum absolute atomic E-state index is 11.9. The molecule has 1 amide bonds. The molecule has 19 heavy (non-hydrogen) atoms. The number of aromatic nitrogens is 1. The first-order valence-corrected chi connectivity index (χ1v) is 5.51. The summed E-state index contributed by atoms with van der Waals surface area (Å²) in [5.41, 5.74) is 1.33. The van der Waals surface area contributed by atoms with Crippen LogP contribution in [-0.2, 0) is 4.74 Å². The molecule has 0 aliphatic rings. The van der Waals surface area contributed by atoms with Crippen molar-refractivity contribution in [3.05, 3.63) is 47.7 Å². The van der Waals surface area contributed by atoms with Crippen molar-refractivity contribution >= 4 is 17.6 Å². The zero-order valence-corrected chi connectivity index (χ0v) is 10.5. The van der Waals surface area contributed by atoms with Gasteiger partial charge in [-0.3, -0.25) is 4.79 Å². The molecule has 1 N–H and O–H groups in total. The van der Waals surface area contributed by atoms with Crippen molar-refractivity contribution < 1.29 is 18.7 Å². The Bertz CT molecular complexity index is 619. The number of amides is 1. The SMILES string of the molecule is COC(=O)c1cccc(NC(=O)c2ocnc2C)c1.